The summed E-state index contributed by atoms with van der Waals surface area (Å²) in [5.74, 6) is 1.44. The van der Waals surface area contributed by atoms with Gasteiger partial charge in [0, 0.05) is 4.88 Å². The highest BCUT2D eigenvalue weighted by molar-refractivity contribution is 7.71. The molecule has 0 radical (unpaired) electrons. The first-order valence-electron chi connectivity index (χ1n) is 6.97. The van der Waals surface area contributed by atoms with Crippen molar-refractivity contribution in [1.82, 2.24) is 29.2 Å². The van der Waals surface area contributed by atoms with Gasteiger partial charge in [-0.25, -0.2) is 14.5 Å². The molecule has 0 unspecified atom stereocenters. The lowest BCUT2D eigenvalue weighted by Gasteiger charge is -2.17. The zero-order chi connectivity index (χ0) is 14.1. The van der Waals surface area contributed by atoms with Crippen LogP contribution in [-0.4, -0.2) is 29.2 Å². The highest BCUT2D eigenvalue weighted by Gasteiger charge is 2.25. The summed E-state index contributed by atoms with van der Waals surface area (Å²) in [6.45, 7) is 2.32. The van der Waals surface area contributed by atoms with Crippen molar-refractivity contribution in [1.29, 1.82) is 0 Å². The maximum absolute atomic E-state index is 5.41. The number of hydrogen-bond acceptors (Lipinski definition) is 5. The van der Waals surface area contributed by atoms with E-state index in [9.17, 15) is 0 Å². The number of nitrogens with one attached hydrogen (secondary N) is 1. The highest BCUT2D eigenvalue weighted by Crippen LogP contribution is 2.39. The molecule has 0 spiro atoms. The number of nitrogens with zero attached hydrogens (tertiary/aromatic N) is 5. The summed E-state index contributed by atoms with van der Waals surface area (Å²) < 4.78 is 4.37. The average Bonchev–Trinajstić information content (AvgIpc) is 3.13. The Hall–Kier alpha value is -1.80. The van der Waals surface area contributed by atoms with Crippen LogP contribution in [0.25, 0.3) is 21.6 Å². The van der Waals surface area contributed by atoms with Gasteiger partial charge in [0.25, 0.3) is 5.78 Å². The van der Waals surface area contributed by atoms with Gasteiger partial charge in [0.1, 0.15) is 11.2 Å². The Morgan fingerprint density at radius 2 is 2.38 bits per heavy atom. The van der Waals surface area contributed by atoms with Gasteiger partial charge < -0.3 is 0 Å². The van der Waals surface area contributed by atoms with Crippen LogP contribution in [0.1, 0.15) is 23.8 Å². The van der Waals surface area contributed by atoms with Gasteiger partial charge in [-0.1, -0.05) is 6.92 Å². The molecule has 4 aromatic heterocycles. The maximum Gasteiger partial charge on any atom is 0.257 e. The third-order valence-electron chi connectivity index (χ3n) is 4.31. The van der Waals surface area contributed by atoms with E-state index in [2.05, 4.69) is 27.2 Å². The number of hydrogen-bond donors (Lipinski definition) is 1. The van der Waals surface area contributed by atoms with Crippen molar-refractivity contribution in [3.63, 3.8) is 0 Å². The third kappa shape index (κ3) is 1.41. The maximum atomic E-state index is 5.41. The van der Waals surface area contributed by atoms with Gasteiger partial charge in [-0.05, 0) is 43.0 Å². The van der Waals surface area contributed by atoms with E-state index in [0.29, 0.717) is 10.5 Å². The number of aromatic amines is 1. The minimum absolute atomic E-state index is 0.610. The molecule has 4 heterocycles. The molecular weight excluding hydrogens is 304 g/mol. The van der Waals surface area contributed by atoms with E-state index < -0.39 is 0 Å². The molecule has 6 nitrogen and oxygen atoms in total. The van der Waals surface area contributed by atoms with Crippen LogP contribution in [0.3, 0.4) is 0 Å². The summed E-state index contributed by atoms with van der Waals surface area (Å²) in [5, 5.41) is 12.7. The van der Waals surface area contributed by atoms with Crippen LogP contribution in [0.15, 0.2) is 6.33 Å². The molecule has 0 amide bonds. The van der Waals surface area contributed by atoms with Crippen LogP contribution in [0.2, 0.25) is 0 Å². The van der Waals surface area contributed by atoms with Crippen molar-refractivity contribution in [3.05, 3.63) is 21.5 Å². The quantitative estimate of drug-likeness (QED) is 0.507. The zero-order valence-electron chi connectivity index (χ0n) is 11.3. The summed E-state index contributed by atoms with van der Waals surface area (Å²) in [6, 6.07) is 0. The number of thiophene rings is 1. The van der Waals surface area contributed by atoms with E-state index in [1.54, 1.807) is 10.8 Å². The van der Waals surface area contributed by atoms with Crippen molar-refractivity contribution >= 4 is 45.2 Å². The standard InChI is InChI=1S/C13H12N6S2/c1-6-2-3-7-8(4-6)21-11-9(7)10-14-5-15-19(10)12-16-17-13(20)18(11)12/h5-6H,2-4H2,1H3,(H,17,20)/t6-/m1/s1. The van der Waals surface area contributed by atoms with Gasteiger partial charge in [-0.15, -0.1) is 16.4 Å². The molecule has 0 saturated heterocycles. The van der Waals surface area contributed by atoms with Crippen molar-refractivity contribution < 1.29 is 0 Å². The van der Waals surface area contributed by atoms with Crippen molar-refractivity contribution in [2.24, 2.45) is 5.92 Å². The van der Waals surface area contributed by atoms with Crippen LogP contribution in [-0.2, 0) is 12.8 Å². The van der Waals surface area contributed by atoms with E-state index in [-0.39, 0.29) is 0 Å². The molecule has 4 aromatic rings. The second kappa shape index (κ2) is 3.89. The third-order valence-corrected chi connectivity index (χ3v) is 5.83. The Balaban J connectivity index is 2.09. The summed E-state index contributed by atoms with van der Waals surface area (Å²) in [4.78, 5) is 7.07. The predicted octanol–water partition coefficient (Wildman–Crippen LogP) is 2.77. The van der Waals surface area contributed by atoms with Gasteiger partial charge in [-0.2, -0.15) is 9.61 Å². The molecule has 0 bridgehead atoms. The van der Waals surface area contributed by atoms with Gasteiger partial charge in [0.05, 0.1) is 5.39 Å². The van der Waals surface area contributed by atoms with E-state index in [0.717, 1.165) is 29.2 Å². The Kier molecular flexibility index (Phi) is 2.19. The van der Waals surface area contributed by atoms with Crippen molar-refractivity contribution in [3.8, 4) is 0 Å². The first-order chi connectivity index (χ1) is 10.2. The van der Waals surface area contributed by atoms with E-state index in [4.69, 9.17) is 12.2 Å². The Labute approximate surface area is 128 Å². The van der Waals surface area contributed by atoms with Gasteiger partial charge in [-0.3, -0.25) is 0 Å². The fraction of sp³-hybridized carbons (Fsp3) is 0.385. The lowest BCUT2D eigenvalue weighted by atomic mass is 9.89. The highest BCUT2D eigenvalue weighted by atomic mass is 32.1. The van der Waals surface area contributed by atoms with Crippen LogP contribution in [0.5, 0.6) is 0 Å². The average molecular weight is 316 g/mol. The second-order valence-corrected chi connectivity index (χ2v) is 7.16. The lowest BCUT2D eigenvalue weighted by Crippen LogP contribution is -2.08. The molecule has 5 rings (SSSR count). The number of aryl methyl sites for hydroxylation is 1. The summed E-state index contributed by atoms with van der Waals surface area (Å²) in [5.41, 5.74) is 2.31. The lowest BCUT2D eigenvalue weighted by molar-refractivity contribution is 0.509. The number of fused-ring (bicyclic) bond motifs is 8. The van der Waals surface area contributed by atoms with Gasteiger partial charge >= 0.3 is 0 Å². The molecule has 0 aromatic carbocycles. The zero-order valence-corrected chi connectivity index (χ0v) is 13.0. The topological polar surface area (TPSA) is 63.3 Å². The Bertz CT molecular complexity index is 1070. The van der Waals surface area contributed by atoms with E-state index in [1.165, 1.54) is 22.2 Å². The predicted molar refractivity (Wildman–Crippen MR) is 83.5 cm³/mol. The molecule has 1 aliphatic rings. The molecule has 106 valence electrons. The fourth-order valence-electron chi connectivity index (χ4n) is 3.30. The smallest absolute Gasteiger partial charge is 0.249 e. The number of rotatable bonds is 0. The number of aromatic nitrogens is 6. The molecule has 0 fully saturated rings. The molecule has 0 saturated carbocycles. The van der Waals surface area contributed by atoms with Crippen molar-refractivity contribution in [2.75, 3.05) is 0 Å². The van der Waals surface area contributed by atoms with Crippen LogP contribution in [0.4, 0.5) is 0 Å². The summed E-state index contributed by atoms with van der Waals surface area (Å²) >= 11 is 7.23. The SMILES string of the molecule is C[C@@H]1CCc2c(sc3c2c2ncnn2c2n[nH]c(=S)n32)C1. The van der Waals surface area contributed by atoms with E-state index in [1.807, 2.05) is 15.7 Å². The van der Waals surface area contributed by atoms with Gasteiger partial charge in [0.2, 0.25) is 4.77 Å². The van der Waals surface area contributed by atoms with Crippen molar-refractivity contribution in [2.45, 2.75) is 26.2 Å². The van der Waals surface area contributed by atoms with E-state index >= 15 is 0 Å². The first kappa shape index (κ1) is 11.8. The monoisotopic (exact) mass is 316 g/mol. The molecular formula is C13H12N6S2. The first-order valence-corrected chi connectivity index (χ1v) is 8.19. The normalized spacial score (nSPS) is 18.8. The molecule has 1 aliphatic carbocycles. The van der Waals surface area contributed by atoms with Crippen LogP contribution in [0, 0.1) is 10.7 Å². The molecule has 1 N–H and O–H groups in total. The minimum Gasteiger partial charge on any atom is -0.249 e. The summed E-state index contributed by atoms with van der Waals surface area (Å²) in [6.07, 6.45) is 5.06. The molecule has 8 heteroatoms. The Morgan fingerprint density at radius 1 is 1.48 bits per heavy atom. The van der Waals surface area contributed by atoms with Gasteiger partial charge in [0.15, 0.2) is 5.65 Å². The van der Waals surface area contributed by atoms with Crippen LogP contribution < -0.4 is 0 Å². The minimum atomic E-state index is 0.610. The molecule has 21 heavy (non-hydrogen) atoms. The molecule has 1 atom stereocenters. The van der Waals surface area contributed by atoms with Crippen LogP contribution >= 0.6 is 23.6 Å². The Morgan fingerprint density at radius 3 is 3.29 bits per heavy atom. The second-order valence-electron chi connectivity index (χ2n) is 5.69. The fourth-order valence-corrected chi connectivity index (χ4v) is 5.08. The summed E-state index contributed by atoms with van der Waals surface area (Å²) in [7, 11) is 0. The number of H-pyrrole nitrogens is 1. The molecule has 0 aliphatic heterocycles. The largest absolute Gasteiger partial charge is 0.257 e.